The molecule has 1 saturated heterocycles. The number of hydrogen-bond donors (Lipinski definition) is 2. The number of ether oxygens (including phenoxy) is 2. The lowest BCUT2D eigenvalue weighted by Crippen LogP contribution is -2.43. The van der Waals surface area contributed by atoms with E-state index < -0.39 is 0 Å². The average Bonchev–Trinajstić information content (AvgIpc) is 3.11. The highest BCUT2D eigenvalue weighted by Gasteiger charge is 2.21. The summed E-state index contributed by atoms with van der Waals surface area (Å²) in [5.74, 6) is 0.811. The summed E-state index contributed by atoms with van der Waals surface area (Å²) in [7, 11) is 1.79. The predicted molar refractivity (Wildman–Crippen MR) is 104 cm³/mol. The molecule has 1 aromatic rings. The highest BCUT2D eigenvalue weighted by atomic mass is 35.5. The summed E-state index contributed by atoms with van der Waals surface area (Å²) in [6.07, 6.45) is 2.23. The summed E-state index contributed by atoms with van der Waals surface area (Å²) >= 11 is 5.97. The molecule has 1 fully saturated rings. The lowest BCUT2D eigenvalue weighted by Gasteiger charge is -2.27. The first kappa shape index (κ1) is 20.0. The molecule has 0 aliphatic carbocycles. The molecule has 2 N–H and O–H groups in total. The molecule has 140 valence electrons. The standard InChI is InChI=1S/C19H30ClN3O2/c1-19(2,15-5-7-16(20)8-6-15)14-23-18(21-3)22-10-4-11-25-17-9-12-24-13-17/h5-8,17H,4,9-14H2,1-3H3,(H2,21,22,23). The number of hydrogen-bond acceptors (Lipinski definition) is 3. The van der Waals surface area contributed by atoms with Crippen LogP contribution in [0.4, 0.5) is 0 Å². The van der Waals surface area contributed by atoms with Crippen LogP contribution in [0.3, 0.4) is 0 Å². The van der Waals surface area contributed by atoms with Crippen molar-refractivity contribution in [2.24, 2.45) is 4.99 Å². The van der Waals surface area contributed by atoms with Gasteiger partial charge in [-0.2, -0.15) is 0 Å². The van der Waals surface area contributed by atoms with E-state index in [0.29, 0.717) is 0 Å². The third kappa shape index (κ3) is 6.84. The normalized spacial score (nSPS) is 18.4. The van der Waals surface area contributed by atoms with Gasteiger partial charge in [0.25, 0.3) is 0 Å². The summed E-state index contributed by atoms with van der Waals surface area (Å²) in [6.45, 7) is 8.31. The quantitative estimate of drug-likeness (QED) is 0.421. The second-order valence-corrected chi connectivity index (χ2v) is 7.39. The van der Waals surface area contributed by atoms with Crippen molar-refractivity contribution in [1.82, 2.24) is 10.6 Å². The Balaban J connectivity index is 1.67. The van der Waals surface area contributed by atoms with Crippen molar-refractivity contribution >= 4 is 17.6 Å². The molecule has 5 nitrogen and oxygen atoms in total. The number of rotatable bonds is 8. The van der Waals surface area contributed by atoms with Crippen LogP contribution in [0.1, 0.15) is 32.3 Å². The van der Waals surface area contributed by atoms with Gasteiger partial charge in [-0.25, -0.2) is 0 Å². The molecule has 1 aliphatic rings. The average molecular weight is 368 g/mol. The molecule has 0 amide bonds. The Morgan fingerprint density at radius 3 is 2.72 bits per heavy atom. The van der Waals surface area contributed by atoms with Gasteiger partial charge in [-0.3, -0.25) is 4.99 Å². The zero-order valence-corrected chi connectivity index (χ0v) is 16.2. The molecular weight excluding hydrogens is 338 g/mol. The molecule has 1 aromatic carbocycles. The van der Waals surface area contributed by atoms with Crippen LogP contribution >= 0.6 is 11.6 Å². The minimum atomic E-state index is -0.0200. The molecular formula is C19H30ClN3O2. The minimum Gasteiger partial charge on any atom is -0.379 e. The Morgan fingerprint density at radius 2 is 2.08 bits per heavy atom. The lowest BCUT2D eigenvalue weighted by molar-refractivity contribution is 0.0420. The van der Waals surface area contributed by atoms with Crippen LogP contribution in [-0.2, 0) is 14.9 Å². The van der Waals surface area contributed by atoms with E-state index >= 15 is 0 Å². The van der Waals surface area contributed by atoms with Gasteiger partial charge in [0.1, 0.15) is 0 Å². The van der Waals surface area contributed by atoms with Gasteiger partial charge in [-0.15, -0.1) is 0 Å². The minimum absolute atomic E-state index is 0.0200. The Bertz CT molecular complexity index is 540. The highest BCUT2D eigenvalue weighted by molar-refractivity contribution is 6.30. The predicted octanol–water partition coefficient (Wildman–Crippen LogP) is 2.98. The molecule has 1 aliphatic heterocycles. The van der Waals surface area contributed by atoms with Gasteiger partial charge < -0.3 is 20.1 Å². The number of nitrogens with zero attached hydrogens (tertiary/aromatic N) is 1. The Labute approximate surface area is 156 Å². The number of nitrogens with one attached hydrogen (secondary N) is 2. The van der Waals surface area contributed by atoms with Crippen LogP contribution in [-0.4, -0.2) is 52.0 Å². The fourth-order valence-corrected chi connectivity index (χ4v) is 2.83. The third-order valence-electron chi connectivity index (χ3n) is 4.40. The van der Waals surface area contributed by atoms with Crippen LogP contribution < -0.4 is 10.6 Å². The fraction of sp³-hybridized carbons (Fsp3) is 0.632. The molecule has 0 spiro atoms. The summed E-state index contributed by atoms with van der Waals surface area (Å²) in [5.41, 5.74) is 1.22. The largest absolute Gasteiger partial charge is 0.379 e. The van der Waals surface area contributed by atoms with E-state index in [4.69, 9.17) is 21.1 Å². The fourth-order valence-electron chi connectivity index (χ4n) is 2.70. The molecule has 0 radical (unpaired) electrons. The topological polar surface area (TPSA) is 54.9 Å². The lowest BCUT2D eigenvalue weighted by atomic mass is 9.85. The molecule has 1 unspecified atom stereocenters. The first-order chi connectivity index (χ1) is 12.0. The van der Waals surface area contributed by atoms with E-state index in [9.17, 15) is 0 Å². The number of guanidine groups is 1. The van der Waals surface area contributed by atoms with Gasteiger partial charge in [-0.1, -0.05) is 37.6 Å². The van der Waals surface area contributed by atoms with Gasteiger partial charge in [0.05, 0.1) is 12.7 Å². The van der Waals surface area contributed by atoms with Crippen molar-refractivity contribution in [2.45, 2.75) is 38.2 Å². The van der Waals surface area contributed by atoms with Gasteiger partial charge in [0.2, 0.25) is 0 Å². The van der Waals surface area contributed by atoms with Crippen molar-refractivity contribution in [3.63, 3.8) is 0 Å². The molecule has 0 aromatic heterocycles. The van der Waals surface area contributed by atoms with Crippen LogP contribution in [0.2, 0.25) is 5.02 Å². The van der Waals surface area contributed by atoms with E-state index in [1.54, 1.807) is 7.05 Å². The van der Waals surface area contributed by atoms with E-state index in [2.05, 4.69) is 41.6 Å². The third-order valence-corrected chi connectivity index (χ3v) is 4.65. The van der Waals surface area contributed by atoms with Crippen LogP contribution in [0.25, 0.3) is 0 Å². The van der Waals surface area contributed by atoms with Gasteiger partial charge in [0.15, 0.2) is 5.96 Å². The summed E-state index contributed by atoms with van der Waals surface area (Å²) in [4.78, 5) is 4.29. The van der Waals surface area contributed by atoms with Crippen molar-refractivity contribution in [3.05, 3.63) is 34.9 Å². The van der Waals surface area contributed by atoms with E-state index in [0.717, 1.165) is 56.7 Å². The van der Waals surface area contributed by atoms with Gasteiger partial charge in [0, 0.05) is 43.8 Å². The number of halogens is 1. The van der Waals surface area contributed by atoms with Gasteiger partial charge in [-0.05, 0) is 30.5 Å². The highest BCUT2D eigenvalue weighted by Crippen LogP contribution is 2.23. The Hall–Kier alpha value is -1.30. The molecule has 0 saturated carbocycles. The molecule has 6 heteroatoms. The van der Waals surface area contributed by atoms with E-state index in [1.165, 1.54) is 5.56 Å². The monoisotopic (exact) mass is 367 g/mol. The molecule has 2 rings (SSSR count). The van der Waals surface area contributed by atoms with Crippen molar-refractivity contribution in [1.29, 1.82) is 0 Å². The van der Waals surface area contributed by atoms with Gasteiger partial charge >= 0.3 is 0 Å². The maximum atomic E-state index is 5.97. The van der Waals surface area contributed by atoms with Crippen molar-refractivity contribution < 1.29 is 9.47 Å². The van der Waals surface area contributed by atoms with Crippen molar-refractivity contribution in [3.8, 4) is 0 Å². The van der Waals surface area contributed by atoms with Crippen LogP contribution in [0, 0.1) is 0 Å². The second kappa shape index (κ2) is 10.00. The molecule has 25 heavy (non-hydrogen) atoms. The summed E-state index contributed by atoms with van der Waals surface area (Å²) in [6, 6.07) is 8.01. The smallest absolute Gasteiger partial charge is 0.191 e. The number of aliphatic imine (C=N–C) groups is 1. The van der Waals surface area contributed by atoms with Crippen molar-refractivity contribution in [2.75, 3.05) is 40.0 Å². The first-order valence-electron chi connectivity index (χ1n) is 8.91. The first-order valence-corrected chi connectivity index (χ1v) is 9.29. The summed E-state index contributed by atoms with van der Waals surface area (Å²) in [5, 5.41) is 7.49. The zero-order valence-electron chi connectivity index (χ0n) is 15.5. The Kier molecular flexibility index (Phi) is 8.00. The SMILES string of the molecule is CN=C(NCCCOC1CCOC1)NCC(C)(C)c1ccc(Cl)cc1. The summed E-state index contributed by atoms with van der Waals surface area (Å²) < 4.78 is 11.1. The molecule has 1 heterocycles. The Morgan fingerprint density at radius 1 is 1.32 bits per heavy atom. The van der Waals surface area contributed by atoms with Crippen LogP contribution in [0.5, 0.6) is 0 Å². The molecule has 0 bridgehead atoms. The number of benzene rings is 1. The maximum Gasteiger partial charge on any atom is 0.191 e. The van der Waals surface area contributed by atoms with E-state index in [-0.39, 0.29) is 11.5 Å². The second-order valence-electron chi connectivity index (χ2n) is 6.95. The zero-order chi connectivity index (χ0) is 18.1. The molecule has 1 atom stereocenters. The maximum absolute atomic E-state index is 5.97. The van der Waals surface area contributed by atoms with E-state index in [1.807, 2.05) is 12.1 Å². The van der Waals surface area contributed by atoms with Crippen LogP contribution in [0.15, 0.2) is 29.3 Å².